The predicted molar refractivity (Wildman–Crippen MR) is 31.0 cm³/mol. The van der Waals surface area contributed by atoms with Gasteiger partial charge in [0, 0.05) is 7.11 Å². The minimum atomic E-state index is -0.198. The van der Waals surface area contributed by atoms with Gasteiger partial charge in [-0.3, -0.25) is 0 Å². The van der Waals surface area contributed by atoms with E-state index in [1.807, 2.05) is 6.92 Å². The summed E-state index contributed by atoms with van der Waals surface area (Å²) in [5.74, 6) is 0.505. The molecular weight excluding hydrogens is 128 g/mol. The summed E-state index contributed by atoms with van der Waals surface area (Å²) in [6.45, 7) is 1.92. The Bertz CT molecular complexity index is 96.4. The molecule has 8 heavy (non-hydrogen) atoms. The van der Waals surface area contributed by atoms with E-state index >= 15 is 0 Å². The molecule has 1 aliphatic heterocycles. The van der Waals surface area contributed by atoms with Gasteiger partial charge in [-0.15, -0.1) is 11.6 Å². The molecule has 0 amide bonds. The number of hydrogen-bond acceptors (Lipinski definition) is 2. The third-order valence-corrected chi connectivity index (χ3v) is 1.83. The van der Waals surface area contributed by atoms with Crippen molar-refractivity contribution in [3.05, 3.63) is 0 Å². The maximum atomic E-state index is 5.51. The average Bonchev–Trinajstić information content (AvgIpc) is 2.44. The van der Waals surface area contributed by atoms with Crippen molar-refractivity contribution in [3.63, 3.8) is 0 Å². The van der Waals surface area contributed by atoms with Crippen LogP contribution in [0.15, 0.2) is 0 Å². The first kappa shape index (κ1) is 6.33. The molecule has 1 heterocycles. The molecule has 2 atom stereocenters. The number of halogens is 1. The molecular formula is C5H9ClO2. The monoisotopic (exact) mass is 136 g/mol. The maximum Gasteiger partial charge on any atom is 0.188 e. The molecule has 1 aliphatic rings. The summed E-state index contributed by atoms with van der Waals surface area (Å²) in [6, 6.07) is 0. The molecule has 0 unspecified atom stereocenters. The third kappa shape index (κ3) is 0.835. The highest BCUT2D eigenvalue weighted by molar-refractivity contribution is 6.18. The quantitative estimate of drug-likeness (QED) is 0.417. The number of methoxy groups -OCH3 is 1. The summed E-state index contributed by atoms with van der Waals surface area (Å²) in [5.41, 5.74) is -0.198. The van der Waals surface area contributed by atoms with Crippen molar-refractivity contribution in [2.24, 2.45) is 0 Å². The van der Waals surface area contributed by atoms with Crippen LogP contribution in [-0.2, 0) is 9.47 Å². The fraction of sp³-hybridized carbons (Fsp3) is 1.00. The molecule has 0 saturated carbocycles. The second-order valence-corrected chi connectivity index (χ2v) is 2.40. The Balaban J connectivity index is 2.31. The second kappa shape index (κ2) is 1.87. The normalized spacial score (nSPS) is 44.6. The standard InChI is InChI=1S/C5H9ClO2/c1-5(3-6)4(7-2)8-5/h4H,3H2,1-2H3/t4-,5-/m0/s1. The number of rotatable bonds is 2. The zero-order valence-corrected chi connectivity index (χ0v) is 5.73. The van der Waals surface area contributed by atoms with Crippen molar-refractivity contribution < 1.29 is 9.47 Å². The zero-order chi connectivity index (χ0) is 6.20. The maximum absolute atomic E-state index is 5.51. The molecule has 1 rings (SSSR count). The van der Waals surface area contributed by atoms with E-state index in [1.54, 1.807) is 7.11 Å². The average molecular weight is 137 g/mol. The Morgan fingerprint density at radius 3 is 2.62 bits per heavy atom. The first-order valence-electron chi connectivity index (χ1n) is 2.49. The van der Waals surface area contributed by atoms with Crippen LogP contribution in [0.4, 0.5) is 0 Å². The van der Waals surface area contributed by atoms with Crippen molar-refractivity contribution in [3.8, 4) is 0 Å². The molecule has 48 valence electrons. The van der Waals surface area contributed by atoms with Crippen molar-refractivity contribution in [2.75, 3.05) is 13.0 Å². The molecule has 0 aromatic rings. The lowest BCUT2D eigenvalue weighted by Crippen LogP contribution is -2.12. The van der Waals surface area contributed by atoms with Crippen LogP contribution >= 0.6 is 11.6 Å². The van der Waals surface area contributed by atoms with Gasteiger partial charge in [-0.05, 0) is 6.92 Å². The van der Waals surface area contributed by atoms with Crippen LogP contribution in [0.2, 0.25) is 0 Å². The van der Waals surface area contributed by atoms with Crippen molar-refractivity contribution in [1.29, 1.82) is 0 Å². The van der Waals surface area contributed by atoms with Crippen molar-refractivity contribution in [2.45, 2.75) is 18.8 Å². The highest BCUT2D eigenvalue weighted by atomic mass is 35.5. The third-order valence-electron chi connectivity index (χ3n) is 1.30. The van der Waals surface area contributed by atoms with Gasteiger partial charge in [-0.1, -0.05) is 0 Å². The van der Waals surface area contributed by atoms with Crippen LogP contribution in [-0.4, -0.2) is 24.9 Å². The Kier molecular flexibility index (Phi) is 1.48. The number of hydrogen-bond donors (Lipinski definition) is 0. The highest BCUT2D eigenvalue weighted by Gasteiger charge is 2.52. The minimum absolute atomic E-state index is 0.0694. The number of alkyl halides is 1. The fourth-order valence-electron chi connectivity index (χ4n) is 0.602. The summed E-state index contributed by atoms with van der Waals surface area (Å²) in [6.07, 6.45) is -0.0694. The SMILES string of the molecule is CO[C@H]1O[C@@]1(C)CCl. The van der Waals surface area contributed by atoms with Gasteiger partial charge >= 0.3 is 0 Å². The van der Waals surface area contributed by atoms with Gasteiger partial charge < -0.3 is 9.47 Å². The van der Waals surface area contributed by atoms with E-state index in [-0.39, 0.29) is 11.9 Å². The molecule has 1 fully saturated rings. The molecule has 0 bridgehead atoms. The van der Waals surface area contributed by atoms with Gasteiger partial charge in [-0.25, -0.2) is 0 Å². The first-order chi connectivity index (χ1) is 3.73. The van der Waals surface area contributed by atoms with Gasteiger partial charge in [-0.2, -0.15) is 0 Å². The Morgan fingerprint density at radius 1 is 1.88 bits per heavy atom. The van der Waals surface area contributed by atoms with Crippen LogP contribution in [0, 0.1) is 0 Å². The van der Waals surface area contributed by atoms with Gasteiger partial charge in [0.25, 0.3) is 0 Å². The number of epoxide rings is 1. The fourth-order valence-corrected chi connectivity index (χ4v) is 0.791. The van der Waals surface area contributed by atoms with Crippen LogP contribution in [0.1, 0.15) is 6.92 Å². The largest absolute Gasteiger partial charge is 0.353 e. The summed E-state index contributed by atoms with van der Waals surface area (Å²) in [4.78, 5) is 0. The molecule has 0 aromatic heterocycles. The van der Waals surface area contributed by atoms with E-state index in [4.69, 9.17) is 21.1 Å². The molecule has 0 N–H and O–H groups in total. The first-order valence-corrected chi connectivity index (χ1v) is 3.03. The molecule has 3 heteroatoms. The van der Waals surface area contributed by atoms with Crippen LogP contribution in [0.25, 0.3) is 0 Å². The van der Waals surface area contributed by atoms with E-state index in [0.717, 1.165) is 0 Å². The van der Waals surface area contributed by atoms with Crippen LogP contribution in [0.3, 0.4) is 0 Å². The van der Waals surface area contributed by atoms with E-state index in [2.05, 4.69) is 0 Å². The minimum Gasteiger partial charge on any atom is -0.353 e. The van der Waals surface area contributed by atoms with Gasteiger partial charge in [0.1, 0.15) is 5.60 Å². The Morgan fingerprint density at radius 2 is 2.50 bits per heavy atom. The van der Waals surface area contributed by atoms with Gasteiger partial charge in [0.05, 0.1) is 5.88 Å². The van der Waals surface area contributed by atoms with E-state index in [1.165, 1.54) is 0 Å². The molecule has 0 aromatic carbocycles. The van der Waals surface area contributed by atoms with Gasteiger partial charge in [0.15, 0.2) is 6.29 Å². The molecule has 0 spiro atoms. The molecule has 1 saturated heterocycles. The summed E-state index contributed by atoms with van der Waals surface area (Å²) >= 11 is 5.51. The summed E-state index contributed by atoms with van der Waals surface area (Å²) in [5, 5.41) is 0. The van der Waals surface area contributed by atoms with E-state index in [0.29, 0.717) is 5.88 Å². The second-order valence-electron chi connectivity index (χ2n) is 2.13. The van der Waals surface area contributed by atoms with Crippen LogP contribution < -0.4 is 0 Å². The lowest BCUT2D eigenvalue weighted by atomic mass is 10.2. The van der Waals surface area contributed by atoms with Crippen molar-refractivity contribution in [1.82, 2.24) is 0 Å². The van der Waals surface area contributed by atoms with Gasteiger partial charge in [0.2, 0.25) is 0 Å². The Hall–Kier alpha value is 0.210. The van der Waals surface area contributed by atoms with E-state index in [9.17, 15) is 0 Å². The summed E-state index contributed by atoms with van der Waals surface area (Å²) in [7, 11) is 1.61. The lowest BCUT2D eigenvalue weighted by molar-refractivity contribution is 0.0950. The molecule has 0 radical (unpaired) electrons. The smallest absolute Gasteiger partial charge is 0.188 e. The topological polar surface area (TPSA) is 21.8 Å². The molecule has 0 aliphatic carbocycles. The number of ether oxygens (including phenoxy) is 2. The van der Waals surface area contributed by atoms with Crippen molar-refractivity contribution >= 4 is 11.6 Å². The lowest BCUT2D eigenvalue weighted by Gasteiger charge is -1.94. The highest BCUT2D eigenvalue weighted by Crippen LogP contribution is 2.36. The zero-order valence-electron chi connectivity index (χ0n) is 4.98. The summed E-state index contributed by atoms with van der Waals surface area (Å²) < 4.78 is 9.91. The Labute approximate surface area is 53.7 Å². The van der Waals surface area contributed by atoms with E-state index < -0.39 is 0 Å². The predicted octanol–water partition coefficient (Wildman–Crippen LogP) is 0.987. The van der Waals surface area contributed by atoms with Crippen LogP contribution in [0.5, 0.6) is 0 Å². The molecule has 2 nitrogen and oxygen atoms in total.